The number of benzene rings is 1. The highest BCUT2D eigenvalue weighted by molar-refractivity contribution is 6.03. The fraction of sp³-hybridized carbons (Fsp3) is 0.476. The Hall–Kier alpha value is -2.11. The second-order valence-corrected chi connectivity index (χ2v) is 7.52. The van der Waals surface area contributed by atoms with Gasteiger partial charge in [-0.1, -0.05) is 11.6 Å². The lowest BCUT2D eigenvalue weighted by molar-refractivity contribution is 0.0518. The monoisotopic (exact) mass is 354 g/mol. The molecule has 2 aliphatic rings. The molecule has 1 saturated heterocycles. The molecule has 1 aliphatic heterocycles. The molecule has 1 aromatic carbocycles. The average Bonchev–Trinajstić information content (AvgIpc) is 3.00. The Morgan fingerprint density at radius 1 is 1.38 bits per heavy atom. The number of H-pyrrole nitrogens is 1. The van der Waals surface area contributed by atoms with Crippen molar-refractivity contribution in [1.29, 1.82) is 0 Å². The predicted octanol–water partition coefficient (Wildman–Crippen LogP) is 2.79. The van der Waals surface area contributed by atoms with Crippen LogP contribution >= 0.6 is 0 Å². The van der Waals surface area contributed by atoms with Gasteiger partial charge < -0.3 is 14.8 Å². The molecular weight excluding hydrogens is 328 g/mol. The van der Waals surface area contributed by atoms with Gasteiger partial charge >= 0.3 is 0 Å². The van der Waals surface area contributed by atoms with E-state index in [0.29, 0.717) is 6.42 Å². The van der Waals surface area contributed by atoms with Crippen LogP contribution in [0, 0.1) is 11.8 Å². The molecular formula is C21H26N2O3. The van der Waals surface area contributed by atoms with Gasteiger partial charge in [-0.2, -0.15) is 0 Å². The van der Waals surface area contributed by atoms with Gasteiger partial charge in [-0.15, -0.1) is 0 Å². The summed E-state index contributed by atoms with van der Waals surface area (Å²) in [5.41, 5.74) is 4.01. The summed E-state index contributed by atoms with van der Waals surface area (Å²) in [6.45, 7) is 2.99. The number of nitrogens with zero attached hydrogens (tertiary/aromatic N) is 1. The Labute approximate surface area is 153 Å². The molecule has 1 aliphatic carbocycles. The van der Waals surface area contributed by atoms with Crippen molar-refractivity contribution >= 4 is 16.7 Å². The van der Waals surface area contributed by atoms with E-state index in [2.05, 4.69) is 23.0 Å². The van der Waals surface area contributed by atoms with Crippen LogP contribution in [-0.4, -0.2) is 54.1 Å². The zero-order valence-electron chi connectivity index (χ0n) is 15.6. The molecule has 138 valence electrons. The smallest absolute Gasteiger partial charge is 0.179 e. The normalized spacial score (nSPS) is 28.1. The molecule has 1 fully saturated rings. The van der Waals surface area contributed by atoms with E-state index >= 15 is 0 Å². The Balaban J connectivity index is 1.89. The summed E-state index contributed by atoms with van der Waals surface area (Å²) in [4.78, 5) is 18.8. The summed E-state index contributed by atoms with van der Waals surface area (Å²) in [5.74, 6) is 1.12. The van der Waals surface area contributed by atoms with E-state index in [1.807, 2.05) is 25.1 Å². The number of nitrogens with one attached hydrogen (secondary N) is 1. The second kappa shape index (κ2) is 6.56. The number of methoxy groups -OCH3 is 1. The fourth-order valence-electron chi connectivity index (χ4n) is 4.85. The van der Waals surface area contributed by atoms with Gasteiger partial charge in [0.15, 0.2) is 5.78 Å². The van der Waals surface area contributed by atoms with Crippen molar-refractivity contribution < 1.29 is 14.6 Å². The molecule has 5 nitrogen and oxygen atoms in total. The topological polar surface area (TPSA) is 65.6 Å². The minimum absolute atomic E-state index is 0.0765. The number of likely N-dealkylation sites (tertiary alicyclic amines) is 1. The second-order valence-electron chi connectivity index (χ2n) is 7.52. The maximum Gasteiger partial charge on any atom is 0.179 e. The lowest BCUT2D eigenvalue weighted by Gasteiger charge is -2.46. The van der Waals surface area contributed by atoms with E-state index < -0.39 is 0 Å². The lowest BCUT2D eigenvalue weighted by Crippen LogP contribution is -2.52. The summed E-state index contributed by atoms with van der Waals surface area (Å²) < 4.78 is 5.38. The van der Waals surface area contributed by atoms with Crippen LogP contribution in [0.2, 0.25) is 0 Å². The van der Waals surface area contributed by atoms with Crippen molar-refractivity contribution in [2.45, 2.75) is 25.8 Å². The molecule has 1 aromatic heterocycles. The summed E-state index contributed by atoms with van der Waals surface area (Å²) in [5, 5.41) is 11.2. The van der Waals surface area contributed by atoms with Gasteiger partial charge in [0.1, 0.15) is 5.75 Å². The number of piperidine rings is 1. The molecule has 0 radical (unpaired) electrons. The van der Waals surface area contributed by atoms with E-state index in [1.54, 1.807) is 7.11 Å². The highest BCUT2D eigenvalue weighted by Crippen LogP contribution is 2.41. The van der Waals surface area contributed by atoms with Gasteiger partial charge in [0.05, 0.1) is 12.8 Å². The van der Waals surface area contributed by atoms with E-state index in [1.165, 1.54) is 5.57 Å². The SMILES string of the molecule is C/C=C1/CN(C)[C@H]2Cc3c([nH]c4ccc(OC)cc34)C(=O)C[C@H]1C2CO. The molecule has 4 rings (SSSR count). The van der Waals surface area contributed by atoms with Crippen molar-refractivity contribution in [2.75, 3.05) is 27.3 Å². The van der Waals surface area contributed by atoms with Gasteiger partial charge in [0.25, 0.3) is 0 Å². The van der Waals surface area contributed by atoms with Gasteiger partial charge in [0.2, 0.25) is 0 Å². The minimum Gasteiger partial charge on any atom is -0.497 e. The molecule has 2 N–H and O–H groups in total. The number of Topliss-reactive ketones (excluding diaryl/α,β-unsaturated/α-hetero) is 1. The summed E-state index contributed by atoms with van der Waals surface area (Å²) in [6.07, 6.45) is 3.32. The third kappa shape index (κ3) is 2.58. The number of carbonyl (C=O) groups excluding carboxylic acids is 1. The number of ketones is 1. The number of hydrogen-bond donors (Lipinski definition) is 2. The Bertz CT molecular complexity index is 883. The zero-order chi connectivity index (χ0) is 18.4. The number of rotatable bonds is 2. The van der Waals surface area contributed by atoms with Crippen LogP contribution in [0.25, 0.3) is 10.9 Å². The molecule has 0 amide bonds. The minimum atomic E-state index is 0.0765. The van der Waals surface area contributed by atoms with Crippen LogP contribution in [-0.2, 0) is 6.42 Å². The first-order valence-corrected chi connectivity index (χ1v) is 9.25. The van der Waals surface area contributed by atoms with Crippen molar-refractivity contribution in [2.24, 2.45) is 11.8 Å². The number of hydrogen-bond acceptors (Lipinski definition) is 4. The van der Waals surface area contributed by atoms with Gasteiger partial charge in [-0.25, -0.2) is 0 Å². The fourth-order valence-corrected chi connectivity index (χ4v) is 4.85. The number of carbonyl (C=O) groups is 1. The van der Waals surface area contributed by atoms with Crippen LogP contribution in [0.3, 0.4) is 0 Å². The zero-order valence-corrected chi connectivity index (χ0v) is 15.6. The van der Waals surface area contributed by atoms with E-state index in [-0.39, 0.29) is 30.3 Å². The maximum atomic E-state index is 13.1. The molecule has 2 heterocycles. The number of aromatic amines is 1. The Morgan fingerprint density at radius 3 is 2.88 bits per heavy atom. The Kier molecular flexibility index (Phi) is 4.37. The van der Waals surface area contributed by atoms with Gasteiger partial charge in [-0.05, 0) is 50.1 Å². The number of ether oxygens (including phenoxy) is 1. The number of fused-ring (bicyclic) bond motifs is 5. The maximum absolute atomic E-state index is 13.1. The highest BCUT2D eigenvalue weighted by Gasteiger charge is 2.42. The molecule has 2 aromatic rings. The summed E-state index contributed by atoms with van der Waals surface area (Å²) >= 11 is 0. The number of aromatic nitrogens is 1. The standard InChI is InChI=1S/C21H26N2O3/c1-4-12-10-23(2)19-8-16-15-7-13(26-3)5-6-18(15)22-21(16)20(25)9-14(12)17(19)11-24/h4-7,14,17,19,22,24H,8-11H2,1-3H3/b12-4-/t14-,17?,19+/m1/s1. The summed E-state index contributed by atoms with van der Waals surface area (Å²) in [7, 11) is 3.77. The van der Waals surface area contributed by atoms with Crippen molar-refractivity contribution in [3.63, 3.8) is 0 Å². The van der Waals surface area contributed by atoms with Crippen molar-refractivity contribution in [1.82, 2.24) is 9.88 Å². The van der Waals surface area contributed by atoms with Gasteiger partial charge in [-0.3, -0.25) is 9.69 Å². The first-order chi connectivity index (χ1) is 12.6. The Morgan fingerprint density at radius 2 is 2.19 bits per heavy atom. The van der Waals surface area contributed by atoms with E-state index in [9.17, 15) is 9.90 Å². The number of likely N-dealkylation sites (N-methyl/N-ethyl adjacent to an activating group) is 1. The van der Waals surface area contributed by atoms with Crippen molar-refractivity contribution in [3.8, 4) is 5.75 Å². The van der Waals surface area contributed by atoms with Crippen LogP contribution in [0.5, 0.6) is 5.75 Å². The first-order valence-electron chi connectivity index (χ1n) is 9.25. The number of allylic oxidation sites excluding steroid dienone is 1. The molecule has 3 atom stereocenters. The van der Waals surface area contributed by atoms with Gasteiger partial charge in [0, 0.05) is 42.4 Å². The largest absolute Gasteiger partial charge is 0.497 e. The molecule has 5 heteroatoms. The molecule has 1 unspecified atom stereocenters. The van der Waals surface area contributed by atoms with Crippen molar-refractivity contribution in [3.05, 3.63) is 41.1 Å². The highest BCUT2D eigenvalue weighted by atomic mass is 16.5. The van der Waals surface area contributed by atoms with E-state index in [4.69, 9.17) is 4.74 Å². The third-order valence-corrected chi connectivity index (χ3v) is 6.28. The number of aliphatic hydroxyl groups is 1. The first kappa shape index (κ1) is 17.3. The third-order valence-electron chi connectivity index (χ3n) is 6.28. The van der Waals surface area contributed by atoms with Crippen LogP contribution in [0.4, 0.5) is 0 Å². The summed E-state index contributed by atoms with van der Waals surface area (Å²) in [6, 6.07) is 6.11. The molecule has 0 spiro atoms. The predicted molar refractivity (Wildman–Crippen MR) is 102 cm³/mol. The quantitative estimate of drug-likeness (QED) is 0.814. The van der Waals surface area contributed by atoms with Crippen LogP contribution in [0.15, 0.2) is 29.8 Å². The van der Waals surface area contributed by atoms with Crippen LogP contribution in [0.1, 0.15) is 29.4 Å². The molecule has 26 heavy (non-hydrogen) atoms. The lowest BCUT2D eigenvalue weighted by atomic mass is 9.71. The molecule has 0 saturated carbocycles. The average molecular weight is 354 g/mol. The molecule has 2 bridgehead atoms. The van der Waals surface area contributed by atoms with E-state index in [0.717, 1.165) is 40.9 Å². The van der Waals surface area contributed by atoms with Crippen LogP contribution < -0.4 is 4.74 Å². The number of aliphatic hydroxyl groups excluding tert-OH is 1.